The van der Waals surface area contributed by atoms with Crippen LogP contribution in [0.2, 0.25) is 0 Å². The summed E-state index contributed by atoms with van der Waals surface area (Å²) in [7, 11) is 1.63. The summed E-state index contributed by atoms with van der Waals surface area (Å²) in [5, 5.41) is 3.23. The van der Waals surface area contributed by atoms with E-state index in [-0.39, 0.29) is 5.91 Å². The minimum Gasteiger partial charge on any atom is -0.497 e. The molecule has 0 spiro atoms. The first kappa shape index (κ1) is 17.5. The van der Waals surface area contributed by atoms with Gasteiger partial charge in [-0.25, -0.2) is 0 Å². The van der Waals surface area contributed by atoms with Gasteiger partial charge in [0.15, 0.2) is 0 Å². The third kappa shape index (κ3) is 4.21. The number of benzene rings is 2. The Labute approximate surface area is 156 Å². The Morgan fingerprint density at radius 2 is 1.84 bits per heavy atom. The summed E-state index contributed by atoms with van der Waals surface area (Å²) in [6.07, 6.45) is 1.85. The van der Waals surface area contributed by atoms with E-state index in [2.05, 4.69) is 5.32 Å². The molecule has 0 bridgehead atoms. The molecule has 1 amide bonds. The smallest absolute Gasteiger partial charge is 0.267 e. The monoisotopic (exact) mass is 370 g/mol. The largest absolute Gasteiger partial charge is 0.497 e. The normalized spacial score (nSPS) is 15.8. The van der Waals surface area contributed by atoms with Gasteiger partial charge in [-0.1, -0.05) is 53.8 Å². The SMILES string of the molecule is COc1ccc(/C=C2/SC(=S)N(CNc3ccc(C)cc3)C2=O)cc1. The first-order valence-electron chi connectivity index (χ1n) is 7.77. The molecule has 1 saturated heterocycles. The molecule has 25 heavy (non-hydrogen) atoms. The summed E-state index contributed by atoms with van der Waals surface area (Å²) in [6.45, 7) is 2.39. The molecule has 1 fully saturated rings. The Balaban J connectivity index is 1.68. The maximum atomic E-state index is 12.6. The van der Waals surface area contributed by atoms with Crippen molar-refractivity contribution in [3.05, 3.63) is 64.6 Å². The van der Waals surface area contributed by atoms with E-state index in [1.807, 2.05) is 61.5 Å². The van der Waals surface area contributed by atoms with Gasteiger partial charge in [-0.2, -0.15) is 0 Å². The average Bonchev–Trinajstić information content (AvgIpc) is 2.89. The van der Waals surface area contributed by atoms with E-state index in [4.69, 9.17) is 17.0 Å². The molecule has 4 nitrogen and oxygen atoms in total. The van der Waals surface area contributed by atoms with Gasteiger partial charge in [0.1, 0.15) is 10.1 Å². The maximum absolute atomic E-state index is 12.6. The van der Waals surface area contributed by atoms with Crippen LogP contribution < -0.4 is 10.1 Å². The second kappa shape index (κ2) is 7.72. The Bertz CT molecular complexity index is 814. The second-order valence-corrected chi connectivity index (χ2v) is 7.26. The predicted molar refractivity (Wildman–Crippen MR) is 108 cm³/mol. The van der Waals surface area contributed by atoms with Gasteiger partial charge in [-0.05, 0) is 42.8 Å². The average molecular weight is 370 g/mol. The summed E-state index contributed by atoms with van der Waals surface area (Å²) in [5.74, 6) is 0.706. The van der Waals surface area contributed by atoms with E-state index >= 15 is 0 Å². The number of hydrogen-bond acceptors (Lipinski definition) is 5. The molecule has 0 unspecified atom stereocenters. The van der Waals surface area contributed by atoms with Gasteiger partial charge in [0.2, 0.25) is 0 Å². The number of nitrogens with one attached hydrogen (secondary N) is 1. The number of ether oxygens (including phenoxy) is 1. The molecule has 1 aliphatic heterocycles. The van der Waals surface area contributed by atoms with E-state index < -0.39 is 0 Å². The third-order valence-corrected chi connectivity index (χ3v) is 5.16. The quantitative estimate of drug-likeness (QED) is 0.629. The first-order chi connectivity index (χ1) is 12.1. The Morgan fingerprint density at radius 1 is 1.16 bits per heavy atom. The highest BCUT2D eigenvalue weighted by Gasteiger charge is 2.31. The van der Waals surface area contributed by atoms with Crippen molar-refractivity contribution in [2.24, 2.45) is 0 Å². The molecular weight excluding hydrogens is 352 g/mol. The van der Waals surface area contributed by atoms with Crippen LogP contribution in [0, 0.1) is 6.92 Å². The fourth-order valence-electron chi connectivity index (χ4n) is 2.33. The summed E-state index contributed by atoms with van der Waals surface area (Å²) in [4.78, 5) is 14.8. The number of rotatable bonds is 5. The Hall–Kier alpha value is -2.31. The molecule has 0 aliphatic carbocycles. The van der Waals surface area contributed by atoms with Gasteiger partial charge >= 0.3 is 0 Å². The molecule has 0 saturated carbocycles. The number of methoxy groups -OCH3 is 1. The van der Waals surface area contributed by atoms with Crippen molar-refractivity contribution in [2.45, 2.75) is 6.92 Å². The Morgan fingerprint density at radius 3 is 2.48 bits per heavy atom. The predicted octanol–water partition coefficient (Wildman–Crippen LogP) is 4.27. The first-order valence-corrected chi connectivity index (χ1v) is 8.99. The summed E-state index contributed by atoms with van der Waals surface area (Å²) < 4.78 is 5.71. The maximum Gasteiger partial charge on any atom is 0.267 e. The van der Waals surface area contributed by atoms with E-state index in [1.165, 1.54) is 17.3 Å². The van der Waals surface area contributed by atoms with Crippen LogP contribution in [0.4, 0.5) is 5.69 Å². The second-order valence-electron chi connectivity index (χ2n) is 5.58. The van der Waals surface area contributed by atoms with Crippen LogP contribution in [0.1, 0.15) is 11.1 Å². The number of hydrogen-bond donors (Lipinski definition) is 1. The molecule has 2 aromatic carbocycles. The van der Waals surface area contributed by atoms with E-state index in [9.17, 15) is 4.79 Å². The molecule has 1 N–H and O–H groups in total. The lowest BCUT2D eigenvalue weighted by atomic mass is 10.2. The molecule has 2 aromatic rings. The van der Waals surface area contributed by atoms with E-state index in [0.29, 0.717) is 15.9 Å². The zero-order chi connectivity index (χ0) is 17.8. The molecule has 1 aliphatic rings. The van der Waals surface area contributed by atoms with E-state index in [0.717, 1.165) is 17.0 Å². The molecule has 0 aromatic heterocycles. The number of amides is 1. The number of nitrogens with zero attached hydrogens (tertiary/aromatic N) is 1. The Kier molecular flexibility index (Phi) is 5.40. The van der Waals surface area contributed by atoms with Crippen LogP contribution in [0.5, 0.6) is 5.75 Å². The third-order valence-electron chi connectivity index (χ3n) is 3.78. The molecule has 3 rings (SSSR count). The van der Waals surface area contributed by atoms with Gasteiger partial charge in [0.25, 0.3) is 5.91 Å². The fourth-order valence-corrected chi connectivity index (χ4v) is 3.58. The summed E-state index contributed by atoms with van der Waals surface area (Å²) >= 11 is 6.68. The van der Waals surface area contributed by atoms with Crippen LogP contribution in [0.15, 0.2) is 53.4 Å². The number of thiocarbonyl (C=S) groups is 1. The van der Waals surface area contributed by atoms with Crippen molar-refractivity contribution >= 4 is 46.0 Å². The number of carbonyl (C=O) groups is 1. The minimum absolute atomic E-state index is 0.0783. The van der Waals surface area contributed by atoms with Gasteiger partial charge in [0, 0.05) is 5.69 Å². The molecule has 6 heteroatoms. The van der Waals surface area contributed by atoms with Gasteiger partial charge in [-0.3, -0.25) is 9.69 Å². The summed E-state index contributed by atoms with van der Waals surface area (Å²) in [6, 6.07) is 15.6. The van der Waals surface area contributed by atoms with Crippen LogP contribution in [0.3, 0.4) is 0 Å². The molecule has 128 valence electrons. The van der Waals surface area contributed by atoms with Crippen LogP contribution in [-0.4, -0.2) is 28.9 Å². The van der Waals surface area contributed by atoms with Gasteiger partial charge < -0.3 is 10.1 Å². The number of thioether (sulfide) groups is 1. The molecular formula is C19H18N2O2S2. The topological polar surface area (TPSA) is 41.6 Å². The van der Waals surface area contributed by atoms with Crippen LogP contribution in [-0.2, 0) is 4.79 Å². The number of carbonyl (C=O) groups excluding carboxylic acids is 1. The van der Waals surface area contributed by atoms with Crippen LogP contribution >= 0.6 is 24.0 Å². The fraction of sp³-hybridized carbons (Fsp3) is 0.158. The number of anilines is 1. The lowest BCUT2D eigenvalue weighted by molar-refractivity contribution is -0.121. The minimum atomic E-state index is -0.0783. The van der Waals surface area contributed by atoms with Crippen LogP contribution in [0.25, 0.3) is 6.08 Å². The van der Waals surface area contributed by atoms with Crippen molar-refractivity contribution < 1.29 is 9.53 Å². The van der Waals surface area contributed by atoms with Crippen molar-refractivity contribution in [3.8, 4) is 5.75 Å². The number of aryl methyl sites for hydroxylation is 1. The highest BCUT2D eigenvalue weighted by atomic mass is 32.2. The highest BCUT2D eigenvalue weighted by Crippen LogP contribution is 2.32. The van der Waals surface area contributed by atoms with Gasteiger partial charge in [-0.15, -0.1) is 0 Å². The summed E-state index contributed by atoms with van der Waals surface area (Å²) in [5.41, 5.74) is 3.09. The van der Waals surface area contributed by atoms with Crippen molar-refractivity contribution in [3.63, 3.8) is 0 Å². The zero-order valence-corrected chi connectivity index (χ0v) is 15.6. The van der Waals surface area contributed by atoms with Crippen molar-refractivity contribution in [1.29, 1.82) is 0 Å². The van der Waals surface area contributed by atoms with Gasteiger partial charge in [0.05, 0.1) is 18.7 Å². The van der Waals surface area contributed by atoms with Crippen molar-refractivity contribution in [1.82, 2.24) is 4.90 Å². The molecule has 0 atom stereocenters. The van der Waals surface area contributed by atoms with E-state index in [1.54, 1.807) is 12.0 Å². The van der Waals surface area contributed by atoms with Crippen molar-refractivity contribution in [2.75, 3.05) is 19.1 Å². The zero-order valence-electron chi connectivity index (χ0n) is 14.0. The lowest BCUT2D eigenvalue weighted by Crippen LogP contribution is -2.33. The molecule has 0 radical (unpaired) electrons. The lowest BCUT2D eigenvalue weighted by Gasteiger charge is -2.16. The molecule has 1 heterocycles. The standard InChI is InChI=1S/C19H18N2O2S2/c1-13-3-7-15(8-4-13)20-12-21-18(22)17(25-19(21)24)11-14-5-9-16(23-2)10-6-14/h3-11,20H,12H2,1-2H3/b17-11+. The highest BCUT2D eigenvalue weighted by molar-refractivity contribution is 8.26.